The Balaban J connectivity index is 1.53. The highest BCUT2D eigenvalue weighted by Gasteiger charge is 2.31. The van der Waals surface area contributed by atoms with Crippen molar-refractivity contribution in [3.05, 3.63) is 54.1 Å². The van der Waals surface area contributed by atoms with Gasteiger partial charge in [-0.2, -0.15) is 0 Å². The van der Waals surface area contributed by atoms with Gasteiger partial charge in [-0.15, -0.1) is 0 Å². The molecule has 6 heteroatoms. The molecule has 0 radical (unpaired) electrons. The summed E-state index contributed by atoms with van der Waals surface area (Å²) < 4.78 is 10.8. The third-order valence-electron chi connectivity index (χ3n) is 4.55. The summed E-state index contributed by atoms with van der Waals surface area (Å²) in [5.74, 6) is 1.49. The highest BCUT2D eigenvalue weighted by molar-refractivity contribution is 5.97. The maximum absolute atomic E-state index is 12.4. The van der Waals surface area contributed by atoms with E-state index >= 15 is 0 Å². The second kappa shape index (κ2) is 9.26. The normalized spacial score (nSPS) is 16.1. The van der Waals surface area contributed by atoms with Crippen LogP contribution in [0.3, 0.4) is 0 Å². The molecule has 1 atom stereocenters. The summed E-state index contributed by atoms with van der Waals surface area (Å²) in [6.45, 7) is 5.55. The highest BCUT2D eigenvalue weighted by Crippen LogP contribution is 2.24. The van der Waals surface area contributed by atoms with Gasteiger partial charge >= 0.3 is 0 Å². The number of hydrogen-bond donors (Lipinski definition) is 1. The van der Waals surface area contributed by atoms with Crippen LogP contribution in [-0.2, 0) is 16.0 Å². The molecule has 0 spiro atoms. The van der Waals surface area contributed by atoms with Crippen LogP contribution in [0, 0.1) is 0 Å². The smallest absolute Gasteiger partial charge is 0.229 e. The maximum atomic E-state index is 12.4. The number of amides is 2. The Morgan fingerprint density at radius 1 is 1.00 bits per heavy atom. The fourth-order valence-corrected chi connectivity index (χ4v) is 3.28. The van der Waals surface area contributed by atoms with E-state index in [1.54, 1.807) is 4.90 Å². The van der Waals surface area contributed by atoms with Gasteiger partial charge in [0.2, 0.25) is 11.8 Å². The van der Waals surface area contributed by atoms with Crippen LogP contribution in [0.4, 0.5) is 5.69 Å². The molecule has 1 saturated heterocycles. The number of rotatable bonds is 8. The topological polar surface area (TPSA) is 67.9 Å². The average molecular weight is 382 g/mol. The van der Waals surface area contributed by atoms with Crippen LogP contribution in [0.1, 0.15) is 25.8 Å². The van der Waals surface area contributed by atoms with Crippen molar-refractivity contribution in [3.63, 3.8) is 0 Å². The van der Waals surface area contributed by atoms with Gasteiger partial charge in [0.25, 0.3) is 0 Å². The Morgan fingerprint density at radius 2 is 1.57 bits per heavy atom. The molecule has 2 aromatic carbocycles. The molecule has 1 N–H and O–H groups in total. The zero-order valence-electron chi connectivity index (χ0n) is 16.3. The van der Waals surface area contributed by atoms with Crippen molar-refractivity contribution >= 4 is 17.5 Å². The monoisotopic (exact) mass is 382 g/mol. The number of benzene rings is 2. The quantitative estimate of drug-likeness (QED) is 0.762. The first-order valence-electron chi connectivity index (χ1n) is 9.63. The second-order valence-electron chi connectivity index (χ2n) is 6.65. The predicted octanol–water partition coefficient (Wildman–Crippen LogP) is 2.95. The van der Waals surface area contributed by atoms with Crippen molar-refractivity contribution in [2.45, 2.75) is 32.7 Å². The van der Waals surface area contributed by atoms with Crippen molar-refractivity contribution in [1.82, 2.24) is 5.32 Å². The van der Waals surface area contributed by atoms with Gasteiger partial charge in [-0.25, -0.2) is 0 Å². The molecule has 28 heavy (non-hydrogen) atoms. The molecule has 0 saturated carbocycles. The van der Waals surface area contributed by atoms with Gasteiger partial charge in [-0.05, 0) is 55.8 Å². The van der Waals surface area contributed by atoms with E-state index in [1.165, 1.54) is 0 Å². The summed E-state index contributed by atoms with van der Waals surface area (Å²) >= 11 is 0. The van der Waals surface area contributed by atoms with Crippen LogP contribution >= 0.6 is 0 Å². The van der Waals surface area contributed by atoms with E-state index < -0.39 is 0 Å². The van der Waals surface area contributed by atoms with Gasteiger partial charge in [-0.3, -0.25) is 9.59 Å². The molecule has 2 aromatic rings. The SMILES string of the molecule is CCOc1ccc(CC(=O)N[C@@H]2CC(=O)N(c3ccc(OCC)cc3)C2)cc1. The van der Waals surface area contributed by atoms with Crippen molar-refractivity contribution in [3.8, 4) is 11.5 Å². The first kappa shape index (κ1) is 19.7. The van der Waals surface area contributed by atoms with E-state index in [1.807, 2.05) is 62.4 Å². The largest absolute Gasteiger partial charge is 0.494 e. The molecule has 0 aromatic heterocycles. The molecule has 1 aliphatic rings. The lowest BCUT2D eigenvalue weighted by molar-refractivity contribution is -0.121. The van der Waals surface area contributed by atoms with Crippen LogP contribution in [0.25, 0.3) is 0 Å². The Bertz CT molecular complexity index is 802. The minimum atomic E-state index is -0.186. The second-order valence-corrected chi connectivity index (χ2v) is 6.65. The van der Waals surface area contributed by atoms with Crippen molar-refractivity contribution in [2.24, 2.45) is 0 Å². The lowest BCUT2D eigenvalue weighted by Crippen LogP contribution is -2.38. The summed E-state index contributed by atoms with van der Waals surface area (Å²) in [4.78, 5) is 26.4. The first-order chi connectivity index (χ1) is 13.6. The van der Waals surface area contributed by atoms with Crippen molar-refractivity contribution < 1.29 is 19.1 Å². The number of anilines is 1. The minimum absolute atomic E-state index is 0.00975. The van der Waals surface area contributed by atoms with E-state index in [4.69, 9.17) is 9.47 Å². The number of carbonyl (C=O) groups is 2. The van der Waals surface area contributed by atoms with Gasteiger partial charge in [-0.1, -0.05) is 12.1 Å². The third kappa shape index (κ3) is 5.03. The van der Waals surface area contributed by atoms with Gasteiger partial charge < -0.3 is 19.7 Å². The van der Waals surface area contributed by atoms with E-state index in [9.17, 15) is 9.59 Å². The minimum Gasteiger partial charge on any atom is -0.494 e. The maximum Gasteiger partial charge on any atom is 0.229 e. The van der Waals surface area contributed by atoms with Crippen molar-refractivity contribution in [1.29, 1.82) is 0 Å². The molecule has 0 bridgehead atoms. The molecule has 1 aliphatic heterocycles. The number of hydrogen-bond acceptors (Lipinski definition) is 4. The Hall–Kier alpha value is -3.02. The molecule has 148 valence electrons. The van der Waals surface area contributed by atoms with Crippen LogP contribution in [0.2, 0.25) is 0 Å². The Kier molecular flexibility index (Phi) is 6.53. The zero-order valence-corrected chi connectivity index (χ0v) is 16.3. The summed E-state index contributed by atoms with van der Waals surface area (Å²) in [7, 11) is 0. The molecule has 0 aliphatic carbocycles. The molecular weight excluding hydrogens is 356 g/mol. The lowest BCUT2D eigenvalue weighted by Gasteiger charge is -2.18. The van der Waals surface area contributed by atoms with Crippen LogP contribution in [0.5, 0.6) is 11.5 Å². The molecule has 2 amide bonds. The fourth-order valence-electron chi connectivity index (χ4n) is 3.28. The number of ether oxygens (including phenoxy) is 2. The van der Waals surface area contributed by atoms with E-state index in [0.717, 1.165) is 22.7 Å². The van der Waals surface area contributed by atoms with Gasteiger partial charge in [0.15, 0.2) is 0 Å². The third-order valence-corrected chi connectivity index (χ3v) is 4.55. The summed E-state index contributed by atoms with van der Waals surface area (Å²) in [5, 5.41) is 2.97. The zero-order chi connectivity index (χ0) is 19.9. The van der Waals surface area contributed by atoms with Crippen molar-refractivity contribution in [2.75, 3.05) is 24.7 Å². The number of nitrogens with one attached hydrogen (secondary N) is 1. The predicted molar refractivity (Wildman–Crippen MR) is 108 cm³/mol. The van der Waals surface area contributed by atoms with E-state index in [0.29, 0.717) is 26.2 Å². The summed E-state index contributed by atoms with van der Waals surface area (Å²) in [6, 6.07) is 14.7. The Morgan fingerprint density at radius 3 is 2.14 bits per heavy atom. The molecule has 1 fully saturated rings. The molecule has 1 heterocycles. The highest BCUT2D eigenvalue weighted by atomic mass is 16.5. The molecule has 3 rings (SSSR count). The summed E-state index contributed by atoms with van der Waals surface area (Å²) in [5.41, 5.74) is 1.73. The standard InChI is InChI=1S/C22H26N2O4/c1-3-27-19-9-5-16(6-10-19)13-21(25)23-17-14-22(26)24(15-17)18-7-11-20(12-8-18)28-4-2/h5-12,17H,3-4,13-15H2,1-2H3,(H,23,25)/t17-/m1/s1. The number of nitrogens with zero attached hydrogens (tertiary/aromatic N) is 1. The van der Waals surface area contributed by atoms with Crippen LogP contribution in [0.15, 0.2) is 48.5 Å². The molecule has 6 nitrogen and oxygen atoms in total. The van der Waals surface area contributed by atoms with Gasteiger partial charge in [0.05, 0.1) is 25.7 Å². The average Bonchev–Trinajstić information content (AvgIpc) is 3.04. The Labute approximate surface area is 165 Å². The van der Waals surface area contributed by atoms with Crippen LogP contribution < -0.4 is 19.7 Å². The molecule has 0 unspecified atom stereocenters. The van der Waals surface area contributed by atoms with Crippen LogP contribution in [-0.4, -0.2) is 37.6 Å². The lowest BCUT2D eigenvalue weighted by atomic mass is 10.1. The number of carbonyl (C=O) groups excluding carboxylic acids is 2. The summed E-state index contributed by atoms with van der Waals surface area (Å²) in [6.07, 6.45) is 0.586. The van der Waals surface area contributed by atoms with Gasteiger partial charge in [0, 0.05) is 18.7 Å². The first-order valence-corrected chi connectivity index (χ1v) is 9.63. The van der Waals surface area contributed by atoms with E-state index in [-0.39, 0.29) is 24.3 Å². The van der Waals surface area contributed by atoms with Gasteiger partial charge in [0.1, 0.15) is 11.5 Å². The fraction of sp³-hybridized carbons (Fsp3) is 0.364. The van der Waals surface area contributed by atoms with E-state index in [2.05, 4.69) is 5.32 Å². The molecular formula is C22H26N2O4.